The lowest BCUT2D eigenvalue weighted by Crippen LogP contribution is -2.35. The van der Waals surface area contributed by atoms with E-state index in [1.54, 1.807) is 43.6 Å². The lowest BCUT2D eigenvalue weighted by Gasteiger charge is -2.18. The molecule has 2 N–H and O–H groups in total. The fraction of sp³-hybridized carbons (Fsp3) is 0.129. The van der Waals surface area contributed by atoms with E-state index in [-0.39, 0.29) is 17.6 Å². The van der Waals surface area contributed by atoms with Crippen molar-refractivity contribution in [3.63, 3.8) is 0 Å². The van der Waals surface area contributed by atoms with Gasteiger partial charge in [-0.1, -0.05) is 29.8 Å². The highest BCUT2D eigenvalue weighted by molar-refractivity contribution is 6.34. The second kappa shape index (κ2) is 9.67. The number of halogens is 2. The van der Waals surface area contributed by atoms with Crippen LogP contribution in [0.5, 0.6) is 0 Å². The number of carbonyl (C=O) groups excluding carboxylic acids is 2. The van der Waals surface area contributed by atoms with Gasteiger partial charge in [0, 0.05) is 24.2 Å². The van der Waals surface area contributed by atoms with E-state index in [1.165, 1.54) is 12.1 Å². The quantitative estimate of drug-likeness (QED) is 0.250. The number of hydrogen-bond donors (Lipinski definition) is 2. The molecule has 6 rings (SSSR count). The number of aromatic nitrogens is 1. The van der Waals surface area contributed by atoms with Gasteiger partial charge in [-0.25, -0.2) is 4.39 Å². The molecule has 0 aliphatic heterocycles. The molecule has 0 radical (unpaired) electrons. The minimum Gasteiger partial charge on any atom is -0.455 e. The molecule has 8 heteroatoms. The molecule has 0 bridgehead atoms. The molecule has 0 saturated heterocycles. The summed E-state index contributed by atoms with van der Waals surface area (Å²) < 4.78 is 19.6. The molecule has 0 spiro atoms. The largest absolute Gasteiger partial charge is 0.455 e. The molecule has 0 unspecified atom stereocenters. The van der Waals surface area contributed by atoms with Crippen LogP contribution in [0.1, 0.15) is 39.3 Å². The van der Waals surface area contributed by atoms with Gasteiger partial charge in [-0.05, 0) is 84.6 Å². The number of benzene rings is 3. The zero-order valence-electron chi connectivity index (χ0n) is 20.9. The van der Waals surface area contributed by atoms with Crippen LogP contribution in [0.15, 0.2) is 89.5 Å². The summed E-state index contributed by atoms with van der Waals surface area (Å²) in [7, 11) is 1.54. The third-order valence-electron chi connectivity index (χ3n) is 7.05. The fourth-order valence-corrected chi connectivity index (χ4v) is 5.02. The van der Waals surface area contributed by atoms with Crippen LogP contribution < -0.4 is 10.6 Å². The first kappa shape index (κ1) is 24.8. The molecule has 3 aromatic carbocycles. The molecular weight excluding hydrogens is 517 g/mol. The van der Waals surface area contributed by atoms with Gasteiger partial charge in [0.2, 0.25) is 0 Å². The Bertz CT molecular complexity index is 1730. The molecule has 39 heavy (non-hydrogen) atoms. The Kier molecular flexibility index (Phi) is 6.16. The summed E-state index contributed by atoms with van der Waals surface area (Å²) in [6.45, 7) is 0. The smallest absolute Gasteiger partial charge is 0.255 e. The molecule has 1 fully saturated rings. The third-order valence-corrected chi connectivity index (χ3v) is 7.38. The Labute approximate surface area is 228 Å². The average Bonchev–Trinajstić information content (AvgIpc) is 3.64. The Hall–Kier alpha value is -4.49. The molecule has 5 aromatic rings. The van der Waals surface area contributed by atoms with Gasteiger partial charge in [-0.15, -0.1) is 0 Å². The second-order valence-corrected chi connectivity index (χ2v) is 9.96. The van der Waals surface area contributed by atoms with Gasteiger partial charge in [-0.3, -0.25) is 14.6 Å². The van der Waals surface area contributed by atoms with Crippen LogP contribution >= 0.6 is 11.6 Å². The molecule has 1 saturated carbocycles. The lowest BCUT2D eigenvalue weighted by atomic mass is 9.98. The monoisotopic (exact) mass is 539 g/mol. The number of nitrogens with one attached hydrogen (secondary N) is 2. The van der Waals surface area contributed by atoms with E-state index >= 15 is 0 Å². The number of carbonyl (C=O) groups is 2. The van der Waals surface area contributed by atoms with E-state index in [9.17, 15) is 14.0 Å². The lowest BCUT2D eigenvalue weighted by molar-refractivity contribution is 0.0928. The minimum absolute atomic E-state index is 0.279. The van der Waals surface area contributed by atoms with Crippen molar-refractivity contribution in [1.29, 1.82) is 0 Å². The molecule has 2 amide bonds. The molecule has 2 aromatic heterocycles. The first-order valence-corrected chi connectivity index (χ1v) is 12.8. The Morgan fingerprint density at radius 3 is 2.33 bits per heavy atom. The van der Waals surface area contributed by atoms with Crippen molar-refractivity contribution < 1.29 is 18.4 Å². The number of pyridine rings is 1. The molecule has 194 valence electrons. The first-order chi connectivity index (χ1) is 18.9. The number of amides is 2. The van der Waals surface area contributed by atoms with Gasteiger partial charge in [0.1, 0.15) is 17.2 Å². The van der Waals surface area contributed by atoms with Crippen LogP contribution in [0.3, 0.4) is 0 Å². The minimum atomic E-state index is -0.480. The SMILES string of the molecule is CNC(=O)c1c(-c2ccc(F)cc2)oc2ccc(-c3ccc(Cl)c(C(=O)NC4(c5ccccn5)CC4)c3)cc12. The van der Waals surface area contributed by atoms with E-state index in [1.807, 2.05) is 36.4 Å². The number of rotatable bonds is 6. The van der Waals surface area contributed by atoms with Crippen LogP contribution in [0.2, 0.25) is 5.02 Å². The van der Waals surface area contributed by atoms with E-state index in [0.29, 0.717) is 38.4 Å². The van der Waals surface area contributed by atoms with Crippen molar-refractivity contribution in [2.45, 2.75) is 18.4 Å². The van der Waals surface area contributed by atoms with Crippen molar-refractivity contribution in [2.75, 3.05) is 7.05 Å². The predicted molar refractivity (Wildman–Crippen MR) is 148 cm³/mol. The summed E-state index contributed by atoms with van der Waals surface area (Å²) in [5, 5.41) is 6.72. The topological polar surface area (TPSA) is 84.2 Å². The molecule has 6 nitrogen and oxygen atoms in total. The van der Waals surface area contributed by atoms with E-state index in [0.717, 1.165) is 29.7 Å². The van der Waals surface area contributed by atoms with Gasteiger partial charge >= 0.3 is 0 Å². The highest BCUT2D eigenvalue weighted by Crippen LogP contribution is 2.45. The fourth-order valence-electron chi connectivity index (χ4n) is 4.81. The maximum Gasteiger partial charge on any atom is 0.255 e. The van der Waals surface area contributed by atoms with Crippen molar-refractivity contribution in [3.8, 4) is 22.5 Å². The summed E-state index contributed by atoms with van der Waals surface area (Å²) in [6.07, 6.45) is 3.33. The van der Waals surface area contributed by atoms with Crippen molar-refractivity contribution in [3.05, 3.63) is 113 Å². The maximum absolute atomic E-state index is 13.5. The van der Waals surface area contributed by atoms with Crippen LogP contribution in [-0.2, 0) is 5.54 Å². The van der Waals surface area contributed by atoms with E-state index < -0.39 is 5.54 Å². The van der Waals surface area contributed by atoms with Crippen molar-refractivity contribution >= 4 is 34.4 Å². The number of furan rings is 1. The van der Waals surface area contributed by atoms with Crippen molar-refractivity contribution in [2.24, 2.45) is 0 Å². The zero-order chi connectivity index (χ0) is 27.1. The summed E-state index contributed by atoms with van der Waals surface area (Å²) in [4.78, 5) is 30.7. The van der Waals surface area contributed by atoms with E-state index in [2.05, 4.69) is 15.6 Å². The van der Waals surface area contributed by atoms with Gasteiger partial charge in [0.25, 0.3) is 11.8 Å². The van der Waals surface area contributed by atoms with Crippen LogP contribution in [-0.4, -0.2) is 23.8 Å². The average molecular weight is 540 g/mol. The molecule has 0 atom stereocenters. The van der Waals surface area contributed by atoms with E-state index in [4.69, 9.17) is 16.0 Å². The predicted octanol–water partition coefficient (Wildman–Crippen LogP) is 6.73. The summed E-state index contributed by atoms with van der Waals surface area (Å²) >= 11 is 6.47. The summed E-state index contributed by atoms with van der Waals surface area (Å²) in [6, 6.07) is 22.2. The number of fused-ring (bicyclic) bond motifs is 1. The zero-order valence-corrected chi connectivity index (χ0v) is 21.7. The normalized spacial score (nSPS) is 13.7. The Morgan fingerprint density at radius 2 is 1.64 bits per heavy atom. The maximum atomic E-state index is 13.5. The Morgan fingerprint density at radius 1 is 0.923 bits per heavy atom. The Balaban J connectivity index is 1.38. The van der Waals surface area contributed by atoms with Gasteiger partial charge in [-0.2, -0.15) is 0 Å². The molecule has 2 heterocycles. The molecular formula is C31H23ClFN3O3. The van der Waals surface area contributed by atoms with Gasteiger partial charge in [0.15, 0.2) is 0 Å². The van der Waals surface area contributed by atoms with Crippen LogP contribution in [0.25, 0.3) is 33.4 Å². The second-order valence-electron chi connectivity index (χ2n) is 9.55. The number of hydrogen-bond acceptors (Lipinski definition) is 4. The summed E-state index contributed by atoms with van der Waals surface area (Å²) in [5.41, 5.74) is 3.66. The summed E-state index contributed by atoms with van der Waals surface area (Å²) in [5.74, 6) is -0.638. The van der Waals surface area contributed by atoms with Crippen molar-refractivity contribution in [1.82, 2.24) is 15.6 Å². The third kappa shape index (κ3) is 4.55. The highest BCUT2D eigenvalue weighted by atomic mass is 35.5. The standard InChI is InChI=1S/C31H23ClFN3O3/c1-34-30(38)27-23-17-20(8-12-25(23)39-28(27)18-5-9-21(33)10-6-18)19-7-11-24(32)22(16-19)29(37)36-31(13-14-31)26-4-2-3-15-35-26/h2-12,15-17H,13-14H2,1H3,(H,34,38)(H,36,37). The van der Waals surface area contributed by atoms with Gasteiger partial charge in [0.05, 0.1) is 27.4 Å². The number of nitrogens with zero attached hydrogens (tertiary/aromatic N) is 1. The molecule has 1 aliphatic carbocycles. The van der Waals surface area contributed by atoms with Crippen LogP contribution in [0, 0.1) is 5.82 Å². The highest BCUT2D eigenvalue weighted by Gasteiger charge is 2.47. The first-order valence-electron chi connectivity index (χ1n) is 12.5. The van der Waals surface area contributed by atoms with Crippen LogP contribution in [0.4, 0.5) is 4.39 Å². The van der Waals surface area contributed by atoms with Gasteiger partial charge < -0.3 is 15.1 Å². The molecule has 1 aliphatic rings.